The molecule has 2 aliphatic rings. The molecule has 2 aliphatic heterocycles. The molecule has 4 heterocycles. The third-order valence-electron chi connectivity index (χ3n) is 11.6. The maximum absolute atomic E-state index is 13.9. The van der Waals surface area contributed by atoms with Crippen molar-refractivity contribution in [1.82, 2.24) is 34.9 Å². The predicted octanol–water partition coefficient (Wildman–Crippen LogP) is 4.08. The summed E-state index contributed by atoms with van der Waals surface area (Å²) in [7, 11) is -2.51. The minimum absolute atomic E-state index is 0.00549. The number of aromatic nitrogens is 4. The van der Waals surface area contributed by atoms with E-state index < -0.39 is 32.5 Å². The van der Waals surface area contributed by atoms with Crippen molar-refractivity contribution in [1.29, 1.82) is 0 Å². The Labute approximate surface area is 357 Å². The maximum Gasteiger partial charge on any atom is 0.305 e. The smallest absolute Gasteiger partial charge is 0.305 e. The zero-order chi connectivity index (χ0) is 43.9. The number of ether oxygens (including phenoxy) is 3. The van der Waals surface area contributed by atoms with Crippen LogP contribution in [0.25, 0.3) is 10.9 Å². The molecule has 2 aromatic carbocycles. The van der Waals surface area contributed by atoms with Crippen molar-refractivity contribution in [2.24, 2.45) is 5.73 Å². The van der Waals surface area contributed by atoms with Crippen LogP contribution in [0.5, 0.6) is 5.75 Å². The summed E-state index contributed by atoms with van der Waals surface area (Å²) in [6, 6.07) is 8.03. The molecule has 0 aliphatic carbocycles. The summed E-state index contributed by atoms with van der Waals surface area (Å²) in [5, 5.41) is 11.1. The summed E-state index contributed by atoms with van der Waals surface area (Å²) < 4.78 is 43.6. The topological polar surface area (TPSA) is 215 Å². The number of methoxy groups -OCH3 is 1. The number of carbonyl (C=O) groups is 3. The standard InChI is InChI=1S/C43H59N9O8S/c1-28-29(2)48-49-40(28)47-41-32-24-37(61(56,57)43(3,4)5)36(25-34(32)45-27-46-41)60-22-9-15-50-16-18-51(19-17-50)20-23-59-21-8-11-30-10-7-12-31-33(30)26-52(42(31)55)35(39(44)54)13-14-38(53)58-6/h7,10,12,24-25,27,35H,8-9,11,13-23,26H2,1-6H3,(H2,44,54)(H2,45,46,47,48,49)/t35-/m0/s1. The highest BCUT2D eigenvalue weighted by atomic mass is 32.2. The molecule has 0 radical (unpaired) electrons. The first-order valence-electron chi connectivity index (χ1n) is 20.8. The quantitative estimate of drug-likeness (QED) is 0.0844. The zero-order valence-corrected chi connectivity index (χ0v) is 36.9. The van der Waals surface area contributed by atoms with Gasteiger partial charge in [0.25, 0.3) is 5.91 Å². The lowest BCUT2D eigenvalue weighted by atomic mass is 10.00. The van der Waals surface area contributed by atoms with Gasteiger partial charge < -0.3 is 35.1 Å². The minimum atomic E-state index is -3.79. The van der Waals surface area contributed by atoms with Crippen molar-refractivity contribution in [2.45, 2.75) is 89.0 Å². The molecular weight excluding hydrogens is 803 g/mol. The van der Waals surface area contributed by atoms with Gasteiger partial charge in [0.2, 0.25) is 5.91 Å². The Hall–Kier alpha value is -5.17. The molecule has 1 atom stereocenters. The molecule has 0 unspecified atom stereocenters. The van der Waals surface area contributed by atoms with Gasteiger partial charge in [0.15, 0.2) is 15.7 Å². The number of aromatic amines is 1. The molecule has 1 saturated heterocycles. The average molecular weight is 862 g/mol. The van der Waals surface area contributed by atoms with E-state index in [-0.39, 0.29) is 35.9 Å². The van der Waals surface area contributed by atoms with Gasteiger partial charge >= 0.3 is 5.97 Å². The van der Waals surface area contributed by atoms with Gasteiger partial charge in [0.05, 0.1) is 30.6 Å². The second-order valence-corrected chi connectivity index (χ2v) is 19.3. The monoisotopic (exact) mass is 861 g/mol. The number of anilines is 2. The highest BCUT2D eigenvalue weighted by molar-refractivity contribution is 7.92. The number of esters is 1. The third-order valence-corrected chi connectivity index (χ3v) is 14.1. The number of piperazine rings is 1. The molecular formula is C43H59N9O8S. The van der Waals surface area contributed by atoms with E-state index in [0.717, 1.165) is 80.9 Å². The van der Waals surface area contributed by atoms with Gasteiger partial charge in [-0.3, -0.25) is 24.4 Å². The van der Waals surface area contributed by atoms with E-state index in [1.54, 1.807) is 39.0 Å². The Morgan fingerprint density at radius 1 is 0.984 bits per heavy atom. The molecule has 61 heavy (non-hydrogen) atoms. The Morgan fingerprint density at radius 2 is 1.72 bits per heavy atom. The first-order valence-corrected chi connectivity index (χ1v) is 22.3. The molecule has 0 spiro atoms. The summed E-state index contributed by atoms with van der Waals surface area (Å²) in [6.45, 7) is 16.0. The fraction of sp³-hybridized carbons (Fsp3) is 0.535. The minimum Gasteiger partial charge on any atom is -0.492 e. The van der Waals surface area contributed by atoms with Crippen molar-refractivity contribution in [3.05, 3.63) is 64.6 Å². The number of nitrogens with one attached hydrogen (secondary N) is 2. The summed E-state index contributed by atoms with van der Waals surface area (Å²) in [4.78, 5) is 52.3. The molecule has 330 valence electrons. The lowest BCUT2D eigenvalue weighted by molar-refractivity contribution is -0.141. The molecule has 18 heteroatoms. The molecule has 4 N–H and O–H groups in total. The van der Waals surface area contributed by atoms with E-state index in [4.69, 9.17) is 19.9 Å². The number of H-pyrrole nitrogens is 1. The lowest BCUT2D eigenvalue weighted by Gasteiger charge is -2.34. The molecule has 1 fully saturated rings. The number of nitrogens with zero attached hydrogens (tertiary/aromatic N) is 6. The third kappa shape index (κ3) is 10.7. The molecule has 0 bridgehead atoms. The van der Waals surface area contributed by atoms with E-state index in [0.29, 0.717) is 47.9 Å². The van der Waals surface area contributed by atoms with Crippen LogP contribution in [-0.2, 0) is 41.9 Å². The van der Waals surface area contributed by atoms with Gasteiger partial charge in [-0.2, -0.15) is 5.10 Å². The van der Waals surface area contributed by atoms with Crippen molar-refractivity contribution in [2.75, 3.05) is 71.5 Å². The molecule has 4 aromatic rings. The van der Waals surface area contributed by atoms with Crippen LogP contribution in [0.15, 0.2) is 41.6 Å². The highest BCUT2D eigenvalue weighted by Crippen LogP contribution is 2.37. The predicted molar refractivity (Wildman–Crippen MR) is 231 cm³/mol. The van der Waals surface area contributed by atoms with Crippen LogP contribution >= 0.6 is 0 Å². The van der Waals surface area contributed by atoms with Gasteiger partial charge in [-0.05, 0) is 83.6 Å². The van der Waals surface area contributed by atoms with E-state index in [9.17, 15) is 22.8 Å². The first kappa shape index (κ1) is 45.4. The van der Waals surface area contributed by atoms with Crippen LogP contribution in [0.3, 0.4) is 0 Å². The maximum atomic E-state index is 13.9. The Morgan fingerprint density at radius 3 is 2.39 bits per heavy atom. The first-order chi connectivity index (χ1) is 29.1. The number of aryl methyl sites for hydroxylation is 2. The van der Waals surface area contributed by atoms with Crippen molar-refractivity contribution < 1.29 is 37.0 Å². The highest BCUT2D eigenvalue weighted by Gasteiger charge is 2.37. The van der Waals surface area contributed by atoms with E-state index >= 15 is 0 Å². The van der Waals surface area contributed by atoms with Crippen LogP contribution in [-0.4, -0.2) is 138 Å². The van der Waals surface area contributed by atoms with E-state index in [1.807, 2.05) is 26.0 Å². The van der Waals surface area contributed by atoms with Gasteiger partial charge in [-0.25, -0.2) is 18.4 Å². The van der Waals surface area contributed by atoms with Crippen LogP contribution in [0.2, 0.25) is 0 Å². The molecule has 17 nitrogen and oxygen atoms in total. The van der Waals surface area contributed by atoms with Crippen LogP contribution in [0.4, 0.5) is 11.6 Å². The van der Waals surface area contributed by atoms with Crippen LogP contribution in [0.1, 0.15) is 79.2 Å². The van der Waals surface area contributed by atoms with Crippen molar-refractivity contribution >= 4 is 50.2 Å². The number of nitrogens with two attached hydrogens (primary N) is 1. The van der Waals surface area contributed by atoms with Gasteiger partial charge in [0.1, 0.15) is 28.8 Å². The lowest BCUT2D eigenvalue weighted by Crippen LogP contribution is -2.47. The second-order valence-electron chi connectivity index (χ2n) is 16.6. The zero-order valence-electron chi connectivity index (χ0n) is 36.1. The summed E-state index contributed by atoms with van der Waals surface area (Å²) in [5.74, 6) is -0.0197. The SMILES string of the molecule is COC(=O)CC[C@@H](C(N)=O)N1Cc2c(CCCOCCN3CCN(CCCOc4cc5ncnc(Nc6n[nH]c(C)c6C)c5cc4S(=O)(=O)C(C)(C)C)CC3)cccc2C1=O. The van der Waals surface area contributed by atoms with Gasteiger partial charge in [-0.15, -0.1) is 0 Å². The number of benzene rings is 2. The van der Waals surface area contributed by atoms with Crippen molar-refractivity contribution in [3.8, 4) is 5.75 Å². The van der Waals surface area contributed by atoms with Crippen LogP contribution < -0.4 is 15.8 Å². The Balaban J connectivity index is 0.930. The summed E-state index contributed by atoms with van der Waals surface area (Å²) >= 11 is 0. The largest absolute Gasteiger partial charge is 0.492 e. The number of hydrogen-bond acceptors (Lipinski definition) is 14. The van der Waals surface area contributed by atoms with Crippen molar-refractivity contribution in [3.63, 3.8) is 0 Å². The number of rotatable bonds is 20. The number of amides is 2. The second kappa shape index (κ2) is 19.7. The summed E-state index contributed by atoms with van der Waals surface area (Å²) in [5.41, 5.74) is 10.5. The fourth-order valence-corrected chi connectivity index (χ4v) is 8.93. The van der Waals surface area contributed by atoms with E-state index in [1.165, 1.54) is 18.3 Å². The molecule has 6 rings (SSSR count). The number of carbonyl (C=O) groups excluding carboxylic acids is 3. The normalized spacial score (nSPS) is 15.6. The van der Waals surface area contributed by atoms with Crippen LogP contribution in [0, 0.1) is 13.8 Å². The Bertz CT molecular complexity index is 2320. The molecule has 2 aromatic heterocycles. The number of sulfone groups is 1. The fourth-order valence-electron chi connectivity index (χ4n) is 7.62. The average Bonchev–Trinajstić information content (AvgIpc) is 3.73. The summed E-state index contributed by atoms with van der Waals surface area (Å²) in [6.07, 6.45) is 3.77. The molecule has 2 amide bonds. The number of hydrogen-bond donors (Lipinski definition) is 3. The van der Waals surface area contributed by atoms with E-state index in [2.05, 4.69) is 35.3 Å². The van der Waals surface area contributed by atoms with Gasteiger partial charge in [-0.1, -0.05) is 12.1 Å². The molecule has 0 saturated carbocycles. The van der Waals surface area contributed by atoms with Gasteiger partial charge in [0, 0.05) is 87.1 Å². The number of primary amides is 1. The Kier molecular flexibility index (Phi) is 14.6. The number of fused-ring (bicyclic) bond motifs is 2.